The van der Waals surface area contributed by atoms with E-state index in [0.29, 0.717) is 29.3 Å². The summed E-state index contributed by atoms with van der Waals surface area (Å²) in [7, 11) is -4.02. The van der Waals surface area contributed by atoms with Crippen LogP contribution in [-0.2, 0) is 19.6 Å². The van der Waals surface area contributed by atoms with Crippen LogP contribution in [0.25, 0.3) is 0 Å². The summed E-state index contributed by atoms with van der Waals surface area (Å²) < 4.78 is 38.2. The van der Waals surface area contributed by atoms with Crippen molar-refractivity contribution in [3.05, 3.63) is 84.4 Å². The zero-order chi connectivity index (χ0) is 24.6. The van der Waals surface area contributed by atoms with E-state index in [9.17, 15) is 18.0 Å². The highest BCUT2D eigenvalue weighted by molar-refractivity contribution is 7.92. The summed E-state index contributed by atoms with van der Waals surface area (Å²) >= 11 is 0. The van der Waals surface area contributed by atoms with E-state index in [0.717, 1.165) is 4.31 Å². The van der Waals surface area contributed by atoms with Crippen LogP contribution >= 0.6 is 0 Å². The smallest absolute Gasteiger partial charge is 0.338 e. The highest BCUT2D eigenvalue weighted by atomic mass is 32.2. The van der Waals surface area contributed by atoms with E-state index in [4.69, 9.17) is 9.47 Å². The Morgan fingerprint density at radius 3 is 2.09 bits per heavy atom. The second-order valence-corrected chi connectivity index (χ2v) is 8.96. The highest BCUT2D eigenvalue weighted by Crippen LogP contribution is 2.26. The molecule has 0 heterocycles. The summed E-state index contributed by atoms with van der Waals surface area (Å²) in [5.74, 6) is -0.414. The van der Waals surface area contributed by atoms with E-state index in [-0.39, 0.29) is 11.5 Å². The number of anilines is 2. The Balaban J connectivity index is 1.83. The average molecular weight is 483 g/mol. The van der Waals surface area contributed by atoms with Gasteiger partial charge in [-0.3, -0.25) is 9.10 Å². The van der Waals surface area contributed by atoms with Gasteiger partial charge < -0.3 is 14.8 Å². The van der Waals surface area contributed by atoms with Crippen molar-refractivity contribution in [2.75, 3.05) is 29.4 Å². The lowest BCUT2D eigenvalue weighted by Gasteiger charge is -2.24. The van der Waals surface area contributed by atoms with Crippen LogP contribution in [0.1, 0.15) is 24.2 Å². The van der Waals surface area contributed by atoms with Crippen molar-refractivity contribution in [3.8, 4) is 5.75 Å². The van der Waals surface area contributed by atoms with Crippen molar-refractivity contribution in [3.63, 3.8) is 0 Å². The number of amides is 1. The van der Waals surface area contributed by atoms with Gasteiger partial charge in [0.25, 0.3) is 10.0 Å². The SMILES string of the molecule is CCOC(=O)c1ccc(NC(=O)CN(c2ccc(OCC)cc2)S(=O)(=O)c2ccccc2)cc1. The Morgan fingerprint density at radius 2 is 1.50 bits per heavy atom. The van der Waals surface area contributed by atoms with Crippen LogP contribution in [0.5, 0.6) is 5.75 Å². The monoisotopic (exact) mass is 482 g/mol. The summed E-state index contributed by atoms with van der Waals surface area (Å²) in [5, 5.41) is 2.67. The molecule has 3 aromatic rings. The van der Waals surface area contributed by atoms with Crippen molar-refractivity contribution >= 4 is 33.3 Å². The van der Waals surface area contributed by atoms with E-state index in [2.05, 4.69) is 5.32 Å². The van der Waals surface area contributed by atoms with Crippen LogP contribution in [-0.4, -0.2) is 40.1 Å². The van der Waals surface area contributed by atoms with Crippen LogP contribution in [0.4, 0.5) is 11.4 Å². The van der Waals surface area contributed by atoms with E-state index in [1.54, 1.807) is 61.5 Å². The molecular formula is C25H26N2O6S. The Labute approximate surface area is 199 Å². The minimum atomic E-state index is -4.02. The number of ether oxygens (including phenoxy) is 2. The Hall–Kier alpha value is -3.85. The van der Waals surface area contributed by atoms with Gasteiger partial charge in [-0.2, -0.15) is 0 Å². The fraction of sp³-hybridized carbons (Fsp3) is 0.200. The van der Waals surface area contributed by atoms with Gasteiger partial charge in [0, 0.05) is 5.69 Å². The van der Waals surface area contributed by atoms with E-state index >= 15 is 0 Å². The second kappa shape index (κ2) is 11.3. The molecule has 0 saturated carbocycles. The highest BCUT2D eigenvalue weighted by Gasteiger charge is 2.27. The van der Waals surface area contributed by atoms with Gasteiger partial charge in [-0.05, 0) is 74.5 Å². The molecule has 178 valence electrons. The van der Waals surface area contributed by atoms with Gasteiger partial charge in [0.1, 0.15) is 12.3 Å². The van der Waals surface area contributed by atoms with Gasteiger partial charge in [-0.15, -0.1) is 0 Å². The maximum absolute atomic E-state index is 13.4. The Bertz CT molecular complexity index is 1210. The van der Waals surface area contributed by atoms with Gasteiger partial charge in [-0.1, -0.05) is 18.2 Å². The van der Waals surface area contributed by atoms with Crippen LogP contribution in [0.15, 0.2) is 83.8 Å². The normalized spacial score (nSPS) is 10.9. The van der Waals surface area contributed by atoms with Gasteiger partial charge >= 0.3 is 5.97 Å². The van der Waals surface area contributed by atoms with Gasteiger partial charge in [0.05, 0.1) is 29.4 Å². The summed E-state index contributed by atoms with van der Waals surface area (Å²) in [6, 6.07) is 20.5. The summed E-state index contributed by atoms with van der Waals surface area (Å²) in [5.41, 5.74) is 1.09. The van der Waals surface area contributed by atoms with Crippen molar-refractivity contribution in [1.29, 1.82) is 0 Å². The number of hydrogen-bond acceptors (Lipinski definition) is 6. The number of nitrogens with one attached hydrogen (secondary N) is 1. The number of sulfonamides is 1. The number of esters is 1. The first-order valence-electron chi connectivity index (χ1n) is 10.7. The molecule has 0 aromatic heterocycles. The van der Waals surface area contributed by atoms with Crippen LogP contribution in [0, 0.1) is 0 Å². The summed E-state index contributed by atoms with van der Waals surface area (Å²) in [4.78, 5) is 24.7. The molecule has 1 amide bonds. The molecule has 0 aliphatic rings. The molecule has 0 saturated heterocycles. The quantitative estimate of drug-likeness (QED) is 0.437. The van der Waals surface area contributed by atoms with Gasteiger partial charge in [-0.25, -0.2) is 13.2 Å². The van der Waals surface area contributed by atoms with Crippen LogP contribution in [0.3, 0.4) is 0 Å². The molecule has 0 aliphatic heterocycles. The predicted octanol–water partition coefficient (Wildman–Crippen LogP) is 4.10. The molecule has 3 rings (SSSR count). The molecule has 3 aromatic carbocycles. The number of hydrogen-bond donors (Lipinski definition) is 1. The molecule has 1 N–H and O–H groups in total. The molecule has 0 fully saturated rings. The molecule has 0 radical (unpaired) electrons. The maximum atomic E-state index is 13.4. The van der Waals surface area contributed by atoms with Gasteiger partial charge in [0.2, 0.25) is 5.91 Å². The zero-order valence-corrected chi connectivity index (χ0v) is 19.7. The average Bonchev–Trinajstić information content (AvgIpc) is 2.84. The third-order valence-electron chi connectivity index (χ3n) is 4.73. The van der Waals surface area contributed by atoms with E-state index in [1.165, 1.54) is 24.3 Å². The van der Waals surface area contributed by atoms with E-state index in [1.807, 2.05) is 6.92 Å². The van der Waals surface area contributed by atoms with Crippen molar-refractivity contribution in [2.24, 2.45) is 0 Å². The summed E-state index contributed by atoms with van der Waals surface area (Å²) in [6.45, 7) is 3.85. The lowest BCUT2D eigenvalue weighted by molar-refractivity contribution is -0.114. The number of rotatable bonds is 10. The second-order valence-electron chi connectivity index (χ2n) is 7.10. The molecule has 0 aliphatic carbocycles. The fourth-order valence-electron chi connectivity index (χ4n) is 3.15. The lowest BCUT2D eigenvalue weighted by atomic mass is 10.2. The first-order valence-corrected chi connectivity index (χ1v) is 12.2. The molecule has 9 heteroatoms. The molecule has 0 atom stereocenters. The number of carbonyl (C=O) groups is 2. The summed E-state index contributed by atoms with van der Waals surface area (Å²) in [6.07, 6.45) is 0. The van der Waals surface area contributed by atoms with Crippen LogP contribution in [0.2, 0.25) is 0 Å². The molecule has 0 bridgehead atoms. The topological polar surface area (TPSA) is 102 Å². The first-order chi connectivity index (χ1) is 16.3. The molecule has 0 spiro atoms. The van der Waals surface area contributed by atoms with Crippen molar-refractivity contribution < 1.29 is 27.5 Å². The van der Waals surface area contributed by atoms with Crippen molar-refractivity contribution in [1.82, 2.24) is 0 Å². The van der Waals surface area contributed by atoms with Crippen LogP contribution < -0.4 is 14.4 Å². The first kappa shape index (κ1) is 24.8. The van der Waals surface area contributed by atoms with E-state index < -0.39 is 28.4 Å². The number of nitrogens with zero attached hydrogens (tertiary/aromatic N) is 1. The Morgan fingerprint density at radius 1 is 0.853 bits per heavy atom. The fourth-order valence-corrected chi connectivity index (χ4v) is 4.59. The molecular weight excluding hydrogens is 456 g/mol. The minimum Gasteiger partial charge on any atom is -0.494 e. The van der Waals surface area contributed by atoms with Crippen molar-refractivity contribution in [2.45, 2.75) is 18.7 Å². The third kappa shape index (κ3) is 6.14. The minimum absolute atomic E-state index is 0.0653. The molecule has 0 unspecified atom stereocenters. The number of carbonyl (C=O) groups excluding carboxylic acids is 2. The number of benzene rings is 3. The predicted molar refractivity (Wildman–Crippen MR) is 130 cm³/mol. The molecule has 34 heavy (non-hydrogen) atoms. The third-order valence-corrected chi connectivity index (χ3v) is 6.52. The Kier molecular flexibility index (Phi) is 8.26. The largest absolute Gasteiger partial charge is 0.494 e. The standard InChI is InChI=1S/C25H26N2O6S/c1-3-32-22-16-14-21(15-17-22)27(34(30,31)23-8-6-5-7-9-23)18-24(28)26-20-12-10-19(11-13-20)25(29)33-4-2/h5-17H,3-4,18H2,1-2H3,(H,26,28). The van der Waals surface area contributed by atoms with Gasteiger partial charge in [0.15, 0.2) is 0 Å². The molecule has 8 nitrogen and oxygen atoms in total. The lowest BCUT2D eigenvalue weighted by Crippen LogP contribution is -2.38. The maximum Gasteiger partial charge on any atom is 0.338 e. The zero-order valence-electron chi connectivity index (χ0n) is 18.9.